The first kappa shape index (κ1) is 16.4. The average Bonchev–Trinajstić information content (AvgIpc) is 3.17. The molecular weight excluding hydrogens is 310 g/mol. The Morgan fingerprint density at radius 2 is 1.84 bits per heavy atom. The predicted octanol–water partition coefficient (Wildman–Crippen LogP) is 3.53. The smallest absolute Gasteiger partial charge is 0.255 e. The lowest BCUT2D eigenvalue weighted by molar-refractivity contribution is 0.0113. The number of hydrogen-bond acceptors (Lipinski definition) is 2. The molecule has 2 fully saturated rings. The van der Waals surface area contributed by atoms with E-state index < -0.39 is 0 Å². The molecule has 1 spiro atoms. The van der Waals surface area contributed by atoms with E-state index in [0.717, 1.165) is 38.2 Å². The number of nitrogens with one attached hydrogen (secondary N) is 1. The van der Waals surface area contributed by atoms with Gasteiger partial charge in [-0.3, -0.25) is 9.69 Å². The fraction of sp³-hybridized carbons (Fsp3) is 0.476. The van der Waals surface area contributed by atoms with Gasteiger partial charge in [0.05, 0.1) is 5.56 Å². The van der Waals surface area contributed by atoms with Gasteiger partial charge in [0.15, 0.2) is 0 Å². The van der Waals surface area contributed by atoms with E-state index in [1.807, 2.05) is 18.5 Å². The zero-order chi connectivity index (χ0) is 17.1. The van der Waals surface area contributed by atoms with E-state index in [4.69, 9.17) is 0 Å². The molecule has 1 amide bonds. The molecule has 1 atom stereocenters. The third kappa shape index (κ3) is 3.64. The molecule has 1 N–H and O–H groups in total. The highest BCUT2D eigenvalue weighted by Gasteiger charge is 2.40. The van der Waals surface area contributed by atoms with E-state index in [1.165, 1.54) is 31.4 Å². The highest BCUT2D eigenvalue weighted by atomic mass is 16.2. The Kier molecular flexibility index (Phi) is 4.62. The minimum atomic E-state index is 0.181. The molecule has 3 heterocycles. The highest BCUT2D eigenvalue weighted by molar-refractivity contribution is 5.94. The number of rotatable bonds is 3. The van der Waals surface area contributed by atoms with E-state index in [9.17, 15) is 4.79 Å². The minimum Gasteiger partial charge on any atom is -0.367 e. The first-order valence-corrected chi connectivity index (χ1v) is 9.43. The lowest BCUT2D eigenvalue weighted by Gasteiger charge is -2.48. The van der Waals surface area contributed by atoms with Crippen molar-refractivity contribution in [2.45, 2.75) is 32.2 Å². The van der Waals surface area contributed by atoms with Crippen LogP contribution in [0.15, 0.2) is 48.8 Å². The molecule has 4 heteroatoms. The molecule has 2 saturated heterocycles. The molecule has 0 bridgehead atoms. The Morgan fingerprint density at radius 1 is 1.04 bits per heavy atom. The van der Waals surface area contributed by atoms with Crippen LogP contribution >= 0.6 is 0 Å². The fourth-order valence-electron chi connectivity index (χ4n) is 4.64. The van der Waals surface area contributed by atoms with Gasteiger partial charge in [-0.05, 0) is 43.9 Å². The summed E-state index contributed by atoms with van der Waals surface area (Å²) in [5.41, 5.74) is 2.45. The van der Waals surface area contributed by atoms with Crippen LogP contribution in [-0.2, 0) is 6.54 Å². The first-order chi connectivity index (χ1) is 12.2. The van der Waals surface area contributed by atoms with Gasteiger partial charge < -0.3 is 9.88 Å². The number of carbonyl (C=O) groups is 1. The SMILES string of the molecule is O=C(c1cc[nH]c1)N1CCC[C@]2(CCCN(Cc3ccccc3)C2)C1. The standard InChI is InChI=1S/C21H27N3O/c25-20(19-8-11-22-14-19)24-13-5-10-21(17-24)9-4-12-23(16-21)15-18-6-2-1-3-7-18/h1-3,6-8,11,14,22H,4-5,9-10,12-13,15-17H2/t21-/m0/s1. The van der Waals surface area contributed by atoms with E-state index in [-0.39, 0.29) is 11.3 Å². The lowest BCUT2D eigenvalue weighted by Crippen LogP contribution is -2.53. The molecular formula is C21H27N3O. The maximum atomic E-state index is 12.8. The van der Waals surface area contributed by atoms with Crippen molar-refractivity contribution in [3.05, 3.63) is 59.9 Å². The molecule has 1 aromatic heterocycles. The van der Waals surface area contributed by atoms with Crippen LogP contribution in [0.3, 0.4) is 0 Å². The monoisotopic (exact) mass is 337 g/mol. The molecule has 1 aromatic carbocycles. The quantitative estimate of drug-likeness (QED) is 0.930. The molecule has 2 aliphatic rings. The Morgan fingerprint density at radius 3 is 2.60 bits per heavy atom. The zero-order valence-electron chi connectivity index (χ0n) is 14.8. The Labute approximate surface area is 149 Å². The van der Waals surface area contributed by atoms with Gasteiger partial charge in [-0.1, -0.05) is 30.3 Å². The van der Waals surface area contributed by atoms with Gasteiger partial charge in [0.2, 0.25) is 0 Å². The minimum absolute atomic E-state index is 0.181. The number of amides is 1. The molecule has 2 aromatic rings. The van der Waals surface area contributed by atoms with Crippen LogP contribution in [0.2, 0.25) is 0 Å². The van der Waals surface area contributed by atoms with Crippen molar-refractivity contribution in [1.29, 1.82) is 0 Å². The van der Waals surface area contributed by atoms with Crippen LogP contribution in [0, 0.1) is 5.41 Å². The van der Waals surface area contributed by atoms with Gasteiger partial charge >= 0.3 is 0 Å². The normalized spacial score (nSPS) is 24.6. The summed E-state index contributed by atoms with van der Waals surface area (Å²) in [7, 11) is 0. The topological polar surface area (TPSA) is 39.3 Å². The number of aromatic nitrogens is 1. The van der Waals surface area contributed by atoms with Crippen LogP contribution in [0.5, 0.6) is 0 Å². The fourth-order valence-corrected chi connectivity index (χ4v) is 4.64. The van der Waals surface area contributed by atoms with Crippen molar-refractivity contribution in [2.75, 3.05) is 26.2 Å². The summed E-state index contributed by atoms with van der Waals surface area (Å²) in [5.74, 6) is 0.181. The molecule has 132 valence electrons. The molecule has 4 rings (SSSR count). The molecule has 4 nitrogen and oxygen atoms in total. The van der Waals surface area contributed by atoms with Crippen molar-refractivity contribution in [2.24, 2.45) is 5.41 Å². The molecule has 25 heavy (non-hydrogen) atoms. The van der Waals surface area contributed by atoms with E-state index >= 15 is 0 Å². The van der Waals surface area contributed by atoms with Gasteiger partial charge in [0.25, 0.3) is 5.91 Å². The third-order valence-corrected chi connectivity index (χ3v) is 5.78. The Balaban J connectivity index is 1.44. The van der Waals surface area contributed by atoms with E-state index in [1.54, 1.807) is 0 Å². The predicted molar refractivity (Wildman–Crippen MR) is 99.3 cm³/mol. The summed E-state index contributed by atoms with van der Waals surface area (Å²) >= 11 is 0. The lowest BCUT2D eigenvalue weighted by atomic mass is 9.73. The average molecular weight is 337 g/mol. The number of H-pyrrole nitrogens is 1. The highest BCUT2D eigenvalue weighted by Crippen LogP contribution is 2.39. The number of nitrogens with zero attached hydrogens (tertiary/aromatic N) is 2. The number of likely N-dealkylation sites (tertiary alicyclic amines) is 2. The van der Waals surface area contributed by atoms with Crippen LogP contribution < -0.4 is 0 Å². The summed E-state index contributed by atoms with van der Waals surface area (Å²) < 4.78 is 0. The molecule has 0 saturated carbocycles. The van der Waals surface area contributed by atoms with Crippen molar-refractivity contribution in [3.8, 4) is 0 Å². The second-order valence-electron chi connectivity index (χ2n) is 7.73. The molecule has 2 aliphatic heterocycles. The summed E-state index contributed by atoms with van der Waals surface area (Å²) in [6.07, 6.45) is 8.49. The van der Waals surface area contributed by atoms with Crippen LogP contribution in [0.4, 0.5) is 0 Å². The van der Waals surface area contributed by atoms with Crippen molar-refractivity contribution < 1.29 is 4.79 Å². The number of piperidine rings is 2. The second kappa shape index (κ2) is 7.04. The van der Waals surface area contributed by atoms with Crippen molar-refractivity contribution >= 4 is 5.91 Å². The summed E-state index contributed by atoms with van der Waals surface area (Å²) in [4.78, 5) is 20.4. The maximum Gasteiger partial charge on any atom is 0.255 e. The van der Waals surface area contributed by atoms with Gasteiger partial charge in [-0.15, -0.1) is 0 Å². The third-order valence-electron chi connectivity index (χ3n) is 5.78. The van der Waals surface area contributed by atoms with Crippen LogP contribution in [0.25, 0.3) is 0 Å². The molecule has 0 radical (unpaired) electrons. The Bertz CT molecular complexity index is 693. The number of benzene rings is 1. The van der Waals surface area contributed by atoms with Gasteiger partial charge in [0.1, 0.15) is 0 Å². The van der Waals surface area contributed by atoms with Gasteiger partial charge in [-0.25, -0.2) is 0 Å². The van der Waals surface area contributed by atoms with Gasteiger partial charge in [-0.2, -0.15) is 0 Å². The van der Waals surface area contributed by atoms with Crippen molar-refractivity contribution in [1.82, 2.24) is 14.8 Å². The number of aromatic amines is 1. The maximum absolute atomic E-state index is 12.8. The summed E-state index contributed by atoms with van der Waals surface area (Å²) in [5, 5.41) is 0. The zero-order valence-corrected chi connectivity index (χ0v) is 14.8. The van der Waals surface area contributed by atoms with Crippen molar-refractivity contribution in [3.63, 3.8) is 0 Å². The number of hydrogen-bond donors (Lipinski definition) is 1. The van der Waals surface area contributed by atoms with E-state index in [0.29, 0.717) is 0 Å². The number of carbonyl (C=O) groups excluding carboxylic acids is 1. The van der Waals surface area contributed by atoms with Gasteiger partial charge in [0, 0.05) is 44.0 Å². The second-order valence-corrected chi connectivity index (χ2v) is 7.73. The van der Waals surface area contributed by atoms with E-state index in [2.05, 4.69) is 45.1 Å². The largest absolute Gasteiger partial charge is 0.367 e. The van der Waals surface area contributed by atoms with Crippen LogP contribution in [0.1, 0.15) is 41.6 Å². The Hall–Kier alpha value is -2.07. The molecule has 0 aliphatic carbocycles. The summed E-state index contributed by atoms with van der Waals surface area (Å²) in [6.45, 7) is 5.10. The summed E-state index contributed by atoms with van der Waals surface area (Å²) in [6, 6.07) is 12.6. The molecule has 0 unspecified atom stereocenters. The first-order valence-electron chi connectivity index (χ1n) is 9.43. The van der Waals surface area contributed by atoms with Crippen LogP contribution in [-0.4, -0.2) is 46.9 Å².